The van der Waals surface area contributed by atoms with Gasteiger partial charge in [0.05, 0.1) is 26.2 Å². The number of rotatable bonds is 50. The van der Waals surface area contributed by atoms with Gasteiger partial charge in [0.1, 0.15) is 12.7 Å². The molecule has 0 aliphatic heterocycles. The van der Waals surface area contributed by atoms with E-state index in [4.69, 9.17) is 23.3 Å². The number of esters is 3. The van der Waals surface area contributed by atoms with Gasteiger partial charge in [-0.3, -0.25) is 23.4 Å². The van der Waals surface area contributed by atoms with E-state index >= 15 is 0 Å². The molecule has 68 heavy (non-hydrogen) atoms. The van der Waals surface area contributed by atoms with E-state index in [0.717, 1.165) is 64.2 Å². The van der Waals surface area contributed by atoms with Gasteiger partial charge in [-0.1, -0.05) is 236 Å². The molecule has 0 fully saturated rings. The van der Waals surface area contributed by atoms with E-state index in [2.05, 4.69) is 63.3 Å². The predicted molar refractivity (Wildman–Crippen MR) is 279 cm³/mol. The number of ether oxygens (including phenoxy) is 3. The van der Waals surface area contributed by atoms with Crippen LogP contribution in [0.3, 0.4) is 0 Å². The van der Waals surface area contributed by atoms with Gasteiger partial charge in [0.2, 0.25) is 0 Å². The number of aliphatic hydroxyl groups excluding tert-OH is 1. The van der Waals surface area contributed by atoms with Gasteiger partial charge in [0.25, 0.3) is 0 Å². The topological polar surface area (TPSA) is 155 Å². The monoisotopic (exact) mass is 979 g/mol. The maximum Gasteiger partial charge on any atom is 0.472 e. The molecule has 394 valence electrons. The fourth-order valence-electron chi connectivity index (χ4n) is 7.37. The molecule has 0 aromatic carbocycles. The van der Waals surface area contributed by atoms with Crippen molar-refractivity contribution in [2.45, 2.75) is 251 Å². The fourth-order valence-corrected chi connectivity index (χ4v) is 8.15. The van der Waals surface area contributed by atoms with Crippen LogP contribution in [-0.2, 0) is 42.2 Å². The standard InChI is InChI=1S/C56H99O11P/c1-4-7-10-13-16-19-22-25-26-29-30-33-36-39-42-45-54(58)63-49-53(67-56(60)47-44-41-38-35-32-28-24-21-18-15-12-9-6-3)51-65-68(61,62)64-50-52(48-57)66-55(59)46-43-40-37-34-31-27-23-20-17-14-11-8-5-2/h7,10,16,19,25-26,30,33,39,42,52-53,57H,4-6,8-9,11-15,17-18,20-24,27-29,31-32,34-38,40-41,43-51H2,1-3H3,(H,61,62)/b10-7-,19-16-,26-25-,33-30-,42-39-. The third kappa shape index (κ3) is 48.2. The number of carbonyl (C=O) groups excluding carboxylic acids is 3. The molecule has 0 spiro atoms. The van der Waals surface area contributed by atoms with Crippen LogP contribution < -0.4 is 0 Å². The van der Waals surface area contributed by atoms with E-state index in [1.165, 1.54) is 116 Å². The number of carbonyl (C=O) groups is 3. The maximum atomic E-state index is 12.9. The van der Waals surface area contributed by atoms with Gasteiger partial charge in [-0.25, -0.2) is 4.57 Å². The SMILES string of the molecule is CC/C=C\C/C=C\C/C=C\C/C=C\C/C=C\CC(=O)OCC(COP(=O)(O)OCC(CO)OC(=O)CCCCCCCCCCCCCCC)OC(=O)CCCCCCCCCCCCCCC. The molecule has 0 bridgehead atoms. The van der Waals surface area contributed by atoms with Crippen molar-refractivity contribution in [1.82, 2.24) is 0 Å². The summed E-state index contributed by atoms with van der Waals surface area (Å²) in [4.78, 5) is 48.3. The lowest BCUT2D eigenvalue weighted by Gasteiger charge is -2.21. The molecule has 3 atom stereocenters. The average Bonchev–Trinajstić information content (AvgIpc) is 3.32. The second-order valence-corrected chi connectivity index (χ2v) is 19.5. The molecule has 0 rings (SSSR count). The summed E-state index contributed by atoms with van der Waals surface area (Å²) in [6.07, 6.45) is 53.5. The molecule has 0 amide bonds. The number of unbranched alkanes of at least 4 members (excludes halogenated alkanes) is 24. The number of aliphatic hydroxyl groups is 1. The van der Waals surface area contributed by atoms with Crippen LogP contribution in [0.2, 0.25) is 0 Å². The van der Waals surface area contributed by atoms with Crippen LogP contribution in [0.5, 0.6) is 0 Å². The Kier molecular flexibility index (Phi) is 48.5. The molecule has 0 aromatic heterocycles. The Labute approximate surface area is 415 Å². The molecule has 0 radical (unpaired) electrons. The van der Waals surface area contributed by atoms with E-state index in [1.807, 2.05) is 12.2 Å². The highest BCUT2D eigenvalue weighted by molar-refractivity contribution is 7.47. The molecule has 11 nitrogen and oxygen atoms in total. The average molecular weight is 979 g/mol. The lowest BCUT2D eigenvalue weighted by Crippen LogP contribution is -2.30. The van der Waals surface area contributed by atoms with Gasteiger partial charge < -0.3 is 24.2 Å². The minimum Gasteiger partial charge on any atom is -0.461 e. The Bertz CT molecular complexity index is 1370. The Morgan fingerprint density at radius 2 is 0.750 bits per heavy atom. The lowest BCUT2D eigenvalue weighted by molar-refractivity contribution is -0.161. The van der Waals surface area contributed by atoms with Crippen LogP contribution in [0.15, 0.2) is 60.8 Å². The molecular formula is C56H99O11P. The number of hydrogen-bond donors (Lipinski definition) is 2. The minimum atomic E-state index is -4.76. The molecule has 0 saturated carbocycles. The second kappa shape index (κ2) is 50.6. The molecule has 2 N–H and O–H groups in total. The van der Waals surface area contributed by atoms with Crippen LogP contribution in [-0.4, -0.2) is 66.5 Å². The lowest BCUT2D eigenvalue weighted by atomic mass is 10.0. The minimum absolute atomic E-state index is 0.00374. The Morgan fingerprint density at radius 3 is 1.12 bits per heavy atom. The van der Waals surface area contributed by atoms with Crippen LogP contribution in [0, 0.1) is 0 Å². The molecule has 0 aliphatic carbocycles. The van der Waals surface area contributed by atoms with E-state index < -0.39 is 57.8 Å². The van der Waals surface area contributed by atoms with Crippen molar-refractivity contribution in [2.75, 3.05) is 26.4 Å². The summed E-state index contributed by atoms with van der Waals surface area (Å²) in [6, 6.07) is 0. The second-order valence-electron chi connectivity index (χ2n) is 18.0. The first-order chi connectivity index (χ1) is 33.2. The number of phosphoric acid groups is 1. The van der Waals surface area contributed by atoms with Crippen molar-refractivity contribution in [3.63, 3.8) is 0 Å². The van der Waals surface area contributed by atoms with Gasteiger partial charge in [-0.15, -0.1) is 0 Å². The first-order valence-electron chi connectivity index (χ1n) is 27.2. The molecule has 0 saturated heterocycles. The summed E-state index contributed by atoms with van der Waals surface area (Å²) in [5.41, 5.74) is 0. The van der Waals surface area contributed by atoms with E-state index in [0.29, 0.717) is 19.3 Å². The largest absolute Gasteiger partial charge is 0.472 e. The molecule has 0 aromatic rings. The fraction of sp³-hybridized carbons (Fsp3) is 0.768. The number of phosphoric ester groups is 1. The zero-order chi connectivity index (χ0) is 49.9. The summed E-state index contributed by atoms with van der Waals surface area (Å²) in [5.74, 6) is -1.61. The zero-order valence-corrected chi connectivity index (χ0v) is 44.2. The smallest absolute Gasteiger partial charge is 0.461 e. The quantitative estimate of drug-likeness (QED) is 0.0197. The highest BCUT2D eigenvalue weighted by atomic mass is 31.2. The summed E-state index contributed by atoms with van der Waals surface area (Å²) < 4.78 is 39.3. The first-order valence-corrected chi connectivity index (χ1v) is 28.7. The van der Waals surface area contributed by atoms with Crippen molar-refractivity contribution in [3.05, 3.63) is 60.8 Å². The number of hydrogen-bond acceptors (Lipinski definition) is 10. The molecule has 12 heteroatoms. The van der Waals surface area contributed by atoms with E-state index in [1.54, 1.807) is 6.08 Å². The molecule has 3 unspecified atom stereocenters. The van der Waals surface area contributed by atoms with Gasteiger partial charge in [0.15, 0.2) is 6.10 Å². The normalized spacial score (nSPS) is 13.9. The predicted octanol–water partition coefficient (Wildman–Crippen LogP) is 15.6. The van der Waals surface area contributed by atoms with Crippen molar-refractivity contribution in [3.8, 4) is 0 Å². The van der Waals surface area contributed by atoms with Gasteiger partial charge in [-0.2, -0.15) is 0 Å². The summed E-state index contributed by atoms with van der Waals surface area (Å²) in [5, 5.41) is 9.78. The van der Waals surface area contributed by atoms with Crippen LogP contribution in [0.1, 0.15) is 239 Å². The maximum absolute atomic E-state index is 12.9. The molecular weight excluding hydrogens is 880 g/mol. The van der Waals surface area contributed by atoms with E-state index in [-0.39, 0.29) is 25.9 Å². The van der Waals surface area contributed by atoms with Crippen molar-refractivity contribution < 1.29 is 52.2 Å². The van der Waals surface area contributed by atoms with Crippen LogP contribution in [0.4, 0.5) is 0 Å². The third-order valence-corrected chi connectivity index (χ3v) is 12.4. The highest BCUT2D eigenvalue weighted by Crippen LogP contribution is 2.43. The summed E-state index contributed by atoms with van der Waals surface area (Å²) in [6.45, 7) is 4.43. The Balaban J connectivity index is 4.81. The highest BCUT2D eigenvalue weighted by Gasteiger charge is 2.28. The van der Waals surface area contributed by atoms with Gasteiger partial charge >= 0.3 is 25.7 Å². The zero-order valence-electron chi connectivity index (χ0n) is 43.3. The van der Waals surface area contributed by atoms with Crippen molar-refractivity contribution in [2.24, 2.45) is 0 Å². The van der Waals surface area contributed by atoms with Gasteiger partial charge in [-0.05, 0) is 44.9 Å². The third-order valence-electron chi connectivity index (χ3n) is 11.5. The molecule has 0 aliphatic rings. The Hall–Kier alpha value is -2.82. The molecule has 0 heterocycles. The number of allylic oxidation sites excluding steroid dienone is 9. The van der Waals surface area contributed by atoms with Crippen molar-refractivity contribution >= 4 is 25.7 Å². The van der Waals surface area contributed by atoms with Crippen LogP contribution in [0.25, 0.3) is 0 Å². The first kappa shape index (κ1) is 65.2. The van der Waals surface area contributed by atoms with Crippen LogP contribution >= 0.6 is 7.82 Å². The van der Waals surface area contributed by atoms with Crippen molar-refractivity contribution in [1.29, 1.82) is 0 Å². The Morgan fingerprint density at radius 1 is 0.426 bits per heavy atom. The van der Waals surface area contributed by atoms with E-state index in [9.17, 15) is 28.9 Å². The summed E-state index contributed by atoms with van der Waals surface area (Å²) in [7, 11) is -4.76. The van der Waals surface area contributed by atoms with Gasteiger partial charge in [0, 0.05) is 12.8 Å². The summed E-state index contributed by atoms with van der Waals surface area (Å²) >= 11 is 0.